The second-order valence-electron chi connectivity index (χ2n) is 7.73. The number of nitrogens with one attached hydrogen (secondary N) is 1. The number of rotatable bonds is 7. The molecule has 2 aliphatic heterocycles. The van der Waals surface area contributed by atoms with E-state index in [4.69, 9.17) is 16.3 Å². The number of aliphatic hydroxyl groups excluding tert-OH is 3. The Labute approximate surface area is 184 Å². The van der Waals surface area contributed by atoms with E-state index in [0.717, 1.165) is 25.8 Å². The van der Waals surface area contributed by atoms with Crippen LogP contribution in [0.3, 0.4) is 0 Å². The monoisotopic (exact) mass is 460 g/mol. The molecule has 2 fully saturated rings. The number of aliphatic hydroxyl groups is 3. The van der Waals surface area contributed by atoms with Gasteiger partial charge in [0.25, 0.3) is 0 Å². The minimum Gasteiger partial charge on any atom is -1.00 e. The number of nitrogens with zero attached hydrogens (tertiary/aromatic N) is 1. The van der Waals surface area contributed by atoms with Gasteiger partial charge in [-0.25, -0.2) is 0 Å². The number of amides is 1. The lowest BCUT2D eigenvalue weighted by Crippen LogP contribution is -3.00. The van der Waals surface area contributed by atoms with E-state index in [2.05, 4.69) is 12.2 Å². The molecule has 0 radical (unpaired) electrons. The van der Waals surface area contributed by atoms with Crippen LogP contribution in [0.15, 0.2) is 0 Å². The first kappa shape index (κ1) is 26.2. The van der Waals surface area contributed by atoms with Crippen LogP contribution >= 0.6 is 23.4 Å². The fraction of sp³-hybridized carbons (Fsp3) is 0.944. The summed E-state index contributed by atoms with van der Waals surface area (Å²) in [5.74, 6) is 0.350. The summed E-state index contributed by atoms with van der Waals surface area (Å²) in [4.78, 5) is 14.9. The number of alkyl halides is 1. The largest absolute Gasteiger partial charge is 1.00 e. The highest BCUT2D eigenvalue weighted by Crippen LogP contribution is 2.31. The highest BCUT2D eigenvalue weighted by atomic mass is 35.5. The summed E-state index contributed by atoms with van der Waals surface area (Å²) in [7, 11) is 1.94. The standard InChI is InChI=1S/C18H33ClN2O5S.ClH/c1-5-6-10-7-11(21(3)8-10)17(25)20-12(9(2)19)16-14(23)13(22)15(24)18(26-16)27-4;/h9-16,18,22-24H,5-8H2,1-4H3,(H,20,25);1H/t9?,10-,11+,12?,13+,14-,15-,16-,18-;/m1./s1. The Balaban J connectivity index is 0.00000392. The highest BCUT2D eigenvalue weighted by Gasteiger charge is 2.48. The number of thioether (sulfide) groups is 1. The van der Waals surface area contributed by atoms with Crippen molar-refractivity contribution in [2.24, 2.45) is 5.92 Å². The van der Waals surface area contributed by atoms with Crippen LogP contribution in [0.4, 0.5) is 0 Å². The lowest BCUT2D eigenvalue weighted by atomic mass is 9.92. The van der Waals surface area contributed by atoms with Crippen molar-refractivity contribution in [1.82, 2.24) is 10.2 Å². The van der Waals surface area contributed by atoms with Crippen LogP contribution < -0.4 is 17.7 Å². The Morgan fingerprint density at radius 1 is 1.36 bits per heavy atom. The number of likely N-dealkylation sites (tertiary alicyclic amines) is 1. The van der Waals surface area contributed by atoms with Gasteiger partial charge in [0, 0.05) is 6.54 Å². The van der Waals surface area contributed by atoms with E-state index in [9.17, 15) is 20.1 Å². The molecule has 0 aromatic carbocycles. The number of carbonyl (C=O) groups is 1. The predicted molar refractivity (Wildman–Crippen MR) is 108 cm³/mol. The number of carbonyl (C=O) groups excluding carboxylic acids is 1. The molecule has 0 saturated carbocycles. The lowest BCUT2D eigenvalue weighted by molar-refractivity contribution is -0.205. The van der Waals surface area contributed by atoms with Gasteiger partial charge in [-0.05, 0) is 39.0 Å². The Morgan fingerprint density at radius 3 is 2.54 bits per heavy atom. The first-order chi connectivity index (χ1) is 12.7. The summed E-state index contributed by atoms with van der Waals surface area (Å²) in [6.07, 6.45) is -0.0980. The Kier molecular flexibility index (Phi) is 10.8. The molecule has 0 aromatic rings. The summed E-state index contributed by atoms with van der Waals surface area (Å²) in [5, 5.41) is 33.0. The molecule has 166 valence electrons. The molecule has 0 aromatic heterocycles. The van der Waals surface area contributed by atoms with Gasteiger partial charge in [-0.2, -0.15) is 0 Å². The molecule has 2 saturated heterocycles. The van der Waals surface area contributed by atoms with Crippen molar-refractivity contribution in [3.8, 4) is 0 Å². The van der Waals surface area contributed by atoms with Gasteiger partial charge in [0.1, 0.15) is 29.9 Å². The van der Waals surface area contributed by atoms with E-state index in [1.54, 1.807) is 13.2 Å². The normalized spacial score (nSPS) is 38.5. The number of ether oxygens (including phenoxy) is 1. The summed E-state index contributed by atoms with van der Waals surface area (Å²) in [6, 6.07) is -0.934. The second kappa shape index (κ2) is 11.6. The van der Waals surface area contributed by atoms with Crippen molar-refractivity contribution in [2.75, 3.05) is 19.8 Å². The van der Waals surface area contributed by atoms with Crippen LogP contribution in [0.5, 0.6) is 0 Å². The van der Waals surface area contributed by atoms with Gasteiger partial charge >= 0.3 is 1.43 Å². The molecule has 0 aliphatic carbocycles. The lowest BCUT2D eigenvalue weighted by Gasteiger charge is -2.44. The number of hydrogen-bond donors (Lipinski definition) is 4. The third kappa shape index (κ3) is 5.88. The summed E-state index contributed by atoms with van der Waals surface area (Å²) in [5.41, 5.74) is -0.702. The van der Waals surface area contributed by atoms with Crippen molar-refractivity contribution in [3.05, 3.63) is 0 Å². The SMILES string of the molecule is CCC[C@@H]1C[C@@H](C(=O)NC(C(C)Cl)[C@H]2O[C@H](SC)[C@H](O)[C@@H](O)[C@H]2O)N(C)C1.[Cl-].[H+]. The molecule has 9 atom stereocenters. The zero-order valence-corrected chi connectivity index (χ0v) is 19.1. The molecule has 28 heavy (non-hydrogen) atoms. The zero-order valence-electron chi connectivity index (χ0n) is 17.8. The average Bonchev–Trinajstić information content (AvgIpc) is 2.99. The Bertz CT molecular complexity index is 509. The molecule has 0 bridgehead atoms. The maximum Gasteiger partial charge on any atom is 1.00 e. The van der Waals surface area contributed by atoms with E-state index in [1.165, 1.54) is 11.8 Å². The van der Waals surface area contributed by atoms with Crippen molar-refractivity contribution in [1.29, 1.82) is 0 Å². The van der Waals surface area contributed by atoms with Crippen LogP contribution in [0.25, 0.3) is 0 Å². The molecule has 4 N–H and O–H groups in total. The molecular formula is C18H34Cl2N2O5S. The van der Waals surface area contributed by atoms with Gasteiger partial charge in [0.05, 0.1) is 17.5 Å². The molecule has 1 amide bonds. The van der Waals surface area contributed by atoms with Gasteiger partial charge in [0.2, 0.25) is 5.91 Å². The minimum atomic E-state index is -1.36. The maximum atomic E-state index is 12.9. The second-order valence-corrected chi connectivity index (χ2v) is 9.36. The van der Waals surface area contributed by atoms with Crippen LogP contribution in [-0.2, 0) is 9.53 Å². The third-order valence-corrected chi connectivity index (χ3v) is 6.76. The Morgan fingerprint density at radius 2 is 2.00 bits per heavy atom. The smallest absolute Gasteiger partial charge is 1.00 e. The molecule has 2 aliphatic rings. The quantitative estimate of drug-likeness (QED) is 0.311. The molecule has 2 unspecified atom stereocenters. The van der Waals surface area contributed by atoms with Gasteiger partial charge < -0.3 is 37.8 Å². The summed E-state index contributed by atoms with van der Waals surface area (Å²) < 4.78 is 5.79. The van der Waals surface area contributed by atoms with E-state index in [1.807, 2.05) is 11.9 Å². The van der Waals surface area contributed by atoms with Crippen molar-refractivity contribution in [2.45, 2.75) is 80.4 Å². The van der Waals surface area contributed by atoms with E-state index in [-0.39, 0.29) is 25.8 Å². The fourth-order valence-electron chi connectivity index (χ4n) is 4.11. The predicted octanol–water partition coefficient (Wildman–Crippen LogP) is -2.49. The minimum absolute atomic E-state index is 0. The van der Waals surface area contributed by atoms with Crippen LogP contribution in [0, 0.1) is 5.92 Å². The van der Waals surface area contributed by atoms with E-state index < -0.39 is 41.3 Å². The third-order valence-electron chi connectivity index (χ3n) is 5.63. The highest BCUT2D eigenvalue weighted by molar-refractivity contribution is 7.99. The first-order valence-corrected chi connectivity index (χ1v) is 11.3. The van der Waals surface area contributed by atoms with E-state index >= 15 is 0 Å². The number of likely N-dealkylation sites (N-methyl/N-ethyl adjacent to an activating group) is 1. The van der Waals surface area contributed by atoms with Crippen LogP contribution in [-0.4, -0.2) is 93.3 Å². The maximum absolute atomic E-state index is 12.9. The molecule has 10 heteroatoms. The Hall–Kier alpha value is 0.200. The van der Waals surface area contributed by atoms with Crippen molar-refractivity contribution < 1.29 is 38.7 Å². The summed E-state index contributed by atoms with van der Waals surface area (Å²) >= 11 is 7.55. The molecule has 7 nitrogen and oxygen atoms in total. The van der Waals surface area contributed by atoms with Gasteiger partial charge in [-0.3, -0.25) is 9.69 Å². The van der Waals surface area contributed by atoms with Crippen molar-refractivity contribution in [3.63, 3.8) is 0 Å². The first-order valence-electron chi connectivity index (χ1n) is 9.58. The molecule has 2 rings (SSSR count). The molecule has 0 spiro atoms. The van der Waals surface area contributed by atoms with Gasteiger partial charge in [-0.1, -0.05) is 13.3 Å². The average molecular weight is 461 g/mol. The van der Waals surface area contributed by atoms with Crippen LogP contribution in [0.1, 0.15) is 34.5 Å². The number of hydrogen-bond acceptors (Lipinski definition) is 7. The van der Waals surface area contributed by atoms with Crippen molar-refractivity contribution >= 4 is 29.3 Å². The van der Waals surface area contributed by atoms with Gasteiger partial charge in [0.15, 0.2) is 0 Å². The number of halogens is 2. The van der Waals surface area contributed by atoms with E-state index in [0.29, 0.717) is 5.92 Å². The zero-order chi connectivity index (χ0) is 20.3. The van der Waals surface area contributed by atoms with Crippen LogP contribution in [0.2, 0.25) is 0 Å². The fourth-order valence-corrected chi connectivity index (χ4v) is 5.00. The summed E-state index contributed by atoms with van der Waals surface area (Å²) in [6.45, 7) is 4.74. The molecule has 2 heterocycles. The molecular weight excluding hydrogens is 427 g/mol. The van der Waals surface area contributed by atoms with Gasteiger partial charge in [-0.15, -0.1) is 23.4 Å². The topological polar surface area (TPSA) is 102 Å².